The minimum absolute atomic E-state index is 0.241. The van der Waals surface area contributed by atoms with E-state index in [1.54, 1.807) is 24.3 Å². The number of carbonyl (C=O) groups is 2. The zero-order chi connectivity index (χ0) is 14.5. The molecular weight excluding hydrogens is 280 g/mol. The normalized spacial score (nSPS) is 9.90. The van der Waals surface area contributed by atoms with Crippen LogP contribution in [0.3, 0.4) is 0 Å². The van der Waals surface area contributed by atoms with E-state index in [2.05, 4.69) is 15.0 Å². The first-order valence-corrected chi connectivity index (χ1v) is 6.09. The largest absolute Gasteiger partial charge is 0.465 e. The predicted molar refractivity (Wildman–Crippen MR) is 75.0 cm³/mol. The summed E-state index contributed by atoms with van der Waals surface area (Å²) in [5, 5.41) is 3.16. The molecule has 0 aliphatic carbocycles. The van der Waals surface area contributed by atoms with Crippen LogP contribution in [0.1, 0.15) is 20.7 Å². The number of hydrogen-bond donors (Lipinski definition) is 1. The Morgan fingerprint density at radius 2 is 1.90 bits per heavy atom. The number of ether oxygens (including phenoxy) is 1. The van der Waals surface area contributed by atoms with Gasteiger partial charge in [-0.15, -0.1) is 0 Å². The molecule has 1 heterocycles. The van der Waals surface area contributed by atoms with E-state index in [9.17, 15) is 9.59 Å². The fraction of sp³-hybridized carbons (Fsp3) is 0.0714. The first kappa shape index (κ1) is 14.0. The van der Waals surface area contributed by atoms with Crippen molar-refractivity contribution in [1.29, 1.82) is 0 Å². The number of carbonyl (C=O) groups excluding carboxylic acids is 2. The summed E-state index contributed by atoms with van der Waals surface area (Å²) in [4.78, 5) is 27.5. The van der Waals surface area contributed by atoms with Gasteiger partial charge in [-0.2, -0.15) is 0 Å². The summed E-state index contributed by atoms with van der Waals surface area (Å²) in [6, 6.07) is 7.88. The van der Waals surface area contributed by atoms with Crippen molar-refractivity contribution in [2.24, 2.45) is 0 Å². The zero-order valence-corrected chi connectivity index (χ0v) is 11.3. The molecule has 0 atom stereocenters. The van der Waals surface area contributed by atoms with Crippen molar-refractivity contribution in [3.05, 3.63) is 58.9 Å². The number of pyridine rings is 1. The van der Waals surface area contributed by atoms with Gasteiger partial charge in [0, 0.05) is 16.8 Å². The number of methoxy groups -OCH3 is 1. The quantitative estimate of drug-likeness (QED) is 0.883. The van der Waals surface area contributed by atoms with Crippen LogP contribution in [0.15, 0.2) is 42.7 Å². The average molecular weight is 291 g/mol. The van der Waals surface area contributed by atoms with E-state index in [0.717, 1.165) is 0 Å². The number of nitrogens with zero attached hydrogens (tertiary/aromatic N) is 1. The second kappa shape index (κ2) is 6.16. The number of rotatable bonds is 3. The summed E-state index contributed by atoms with van der Waals surface area (Å²) >= 11 is 5.76. The van der Waals surface area contributed by atoms with Crippen LogP contribution in [0.2, 0.25) is 5.02 Å². The molecule has 2 rings (SSSR count). The Labute approximate surface area is 120 Å². The van der Waals surface area contributed by atoms with E-state index in [0.29, 0.717) is 16.3 Å². The number of amides is 1. The van der Waals surface area contributed by atoms with Gasteiger partial charge in [0.05, 0.1) is 24.6 Å². The van der Waals surface area contributed by atoms with Crippen LogP contribution < -0.4 is 5.32 Å². The van der Waals surface area contributed by atoms with Crippen molar-refractivity contribution in [3.63, 3.8) is 0 Å². The lowest BCUT2D eigenvalue weighted by molar-refractivity contribution is 0.0602. The summed E-state index contributed by atoms with van der Waals surface area (Å²) in [6.07, 6.45) is 2.84. The molecule has 2 aromatic rings. The maximum Gasteiger partial charge on any atom is 0.340 e. The van der Waals surface area contributed by atoms with Crippen LogP contribution >= 0.6 is 11.6 Å². The summed E-state index contributed by atoms with van der Waals surface area (Å²) in [5.74, 6) is -0.904. The maximum atomic E-state index is 12.1. The summed E-state index contributed by atoms with van der Waals surface area (Å²) in [7, 11) is 1.27. The Balaban J connectivity index is 2.24. The average Bonchev–Trinajstić information content (AvgIpc) is 2.47. The van der Waals surface area contributed by atoms with Crippen molar-refractivity contribution in [2.45, 2.75) is 0 Å². The van der Waals surface area contributed by atoms with Crippen molar-refractivity contribution in [3.8, 4) is 0 Å². The first-order chi connectivity index (χ1) is 9.61. The monoisotopic (exact) mass is 290 g/mol. The second-order valence-electron chi connectivity index (χ2n) is 3.87. The maximum absolute atomic E-state index is 12.1. The molecule has 0 unspecified atom stereocenters. The number of halogens is 1. The molecule has 5 nitrogen and oxygen atoms in total. The van der Waals surface area contributed by atoms with Crippen LogP contribution in [0.4, 0.5) is 5.69 Å². The molecule has 1 N–H and O–H groups in total. The highest BCUT2D eigenvalue weighted by molar-refractivity contribution is 6.30. The Morgan fingerprint density at radius 3 is 2.55 bits per heavy atom. The summed E-state index contributed by atoms with van der Waals surface area (Å²) in [5.41, 5.74) is 0.957. The summed E-state index contributed by atoms with van der Waals surface area (Å²) < 4.78 is 4.64. The van der Waals surface area contributed by atoms with Gasteiger partial charge in [-0.3, -0.25) is 9.78 Å². The molecule has 1 aromatic heterocycles. The lowest BCUT2D eigenvalue weighted by Gasteiger charge is -2.09. The molecule has 1 aromatic carbocycles. The first-order valence-electron chi connectivity index (χ1n) is 5.71. The van der Waals surface area contributed by atoms with Crippen LogP contribution in [0.5, 0.6) is 0 Å². The third kappa shape index (κ3) is 3.13. The van der Waals surface area contributed by atoms with Gasteiger partial charge in [0.1, 0.15) is 0 Å². The van der Waals surface area contributed by atoms with Crippen LogP contribution in [-0.2, 0) is 4.74 Å². The Bertz CT molecular complexity index is 641. The van der Waals surface area contributed by atoms with Gasteiger partial charge in [0.2, 0.25) is 0 Å². The highest BCUT2D eigenvalue weighted by atomic mass is 35.5. The smallest absolute Gasteiger partial charge is 0.340 e. The molecule has 1 amide bonds. The molecule has 6 heteroatoms. The predicted octanol–water partition coefficient (Wildman–Crippen LogP) is 2.77. The number of esters is 1. The Morgan fingerprint density at radius 1 is 1.20 bits per heavy atom. The summed E-state index contributed by atoms with van der Waals surface area (Å²) in [6.45, 7) is 0. The number of hydrogen-bond acceptors (Lipinski definition) is 4. The van der Waals surface area contributed by atoms with E-state index in [1.165, 1.54) is 25.6 Å². The molecular formula is C14H11ClN2O3. The van der Waals surface area contributed by atoms with Gasteiger partial charge in [0.25, 0.3) is 5.91 Å². The third-order valence-electron chi connectivity index (χ3n) is 2.58. The van der Waals surface area contributed by atoms with Gasteiger partial charge >= 0.3 is 5.97 Å². The molecule has 0 saturated carbocycles. The number of nitrogens with one attached hydrogen (secondary N) is 1. The zero-order valence-electron chi connectivity index (χ0n) is 10.6. The number of anilines is 1. The number of aromatic nitrogens is 1. The van der Waals surface area contributed by atoms with Crippen molar-refractivity contribution >= 4 is 29.2 Å². The Hall–Kier alpha value is -2.40. The fourth-order valence-electron chi connectivity index (χ4n) is 1.58. The SMILES string of the molecule is COC(=O)c1ccncc1NC(=O)c1ccc(Cl)cc1. The van der Waals surface area contributed by atoms with E-state index < -0.39 is 5.97 Å². The second-order valence-corrected chi connectivity index (χ2v) is 4.31. The molecule has 0 aliphatic rings. The molecule has 0 radical (unpaired) electrons. The van der Waals surface area contributed by atoms with E-state index in [1.807, 2.05) is 0 Å². The van der Waals surface area contributed by atoms with E-state index in [-0.39, 0.29) is 11.5 Å². The highest BCUT2D eigenvalue weighted by Crippen LogP contribution is 2.16. The van der Waals surface area contributed by atoms with E-state index >= 15 is 0 Å². The standard InChI is InChI=1S/C14H11ClN2O3/c1-20-14(19)11-6-7-16-8-12(11)17-13(18)9-2-4-10(15)5-3-9/h2-8H,1H3,(H,17,18). The van der Waals surface area contributed by atoms with Crippen molar-refractivity contribution in [2.75, 3.05) is 12.4 Å². The lowest BCUT2D eigenvalue weighted by atomic mass is 10.2. The molecule has 102 valence electrons. The van der Waals surface area contributed by atoms with Crippen molar-refractivity contribution < 1.29 is 14.3 Å². The van der Waals surface area contributed by atoms with Crippen LogP contribution in [-0.4, -0.2) is 24.0 Å². The Kier molecular flexibility index (Phi) is 4.32. The fourth-order valence-corrected chi connectivity index (χ4v) is 1.70. The third-order valence-corrected chi connectivity index (χ3v) is 2.83. The minimum Gasteiger partial charge on any atom is -0.465 e. The molecule has 0 spiro atoms. The van der Waals surface area contributed by atoms with Crippen LogP contribution in [0, 0.1) is 0 Å². The molecule has 20 heavy (non-hydrogen) atoms. The van der Waals surface area contributed by atoms with E-state index in [4.69, 9.17) is 11.6 Å². The van der Waals surface area contributed by atoms with Gasteiger partial charge in [-0.05, 0) is 30.3 Å². The molecule has 0 fully saturated rings. The van der Waals surface area contributed by atoms with Gasteiger partial charge < -0.3 is 10.1 Å². The van der Waals surface area contributed by atoms with Gasteiger partial charge in [-0.25, -0.2) is 4.79 Å². The molecule has 0 aliphatic heterocycles. The molecule has 0 saturated heterocycles. The topological polar surface area (TPSA) is 68.3 Å². The van der Waals surface area contributed by atoms with Gasteiger partial charge in [0.15, 0.2) is 0 Å². The van der Waals surface area contributed by atoms with Crippen molar-refractivity contribution in [1.82, 2.24) is 4.98 Å². The highest BCUT2D eigenvalue weighted by Gasteiger charge is 2.14. The van der Waals surface area contributed by atoms with Gasteiger partial charge in [-0.1, -0.05) is 11.6 Å². The van der Waals surface area contributed by atoms with Crippen LogP contribution in [0.25, 0.3) is 0 Å². The molecule has 0 bridgehead atoms. The number of benzene rings is 1. The minimum atomic E-state index is -0.543. The lowest BCUT2D eigenvalue weighted by Crippen LogP contribution is -2.15.